The van der Waals surface area contributed by atoms with Gasteiger partial charge >= 0.3 is 6.03 Å². The zero-order chi connectivity index (χ0) is 20.9. The summed E-state index contributed by atoms with van der Waals surface area (Å²) in [6.45, 7) is 1.85. The van der Waals surface area contributed by atoms with Crippen molar-refractivity contribution < 1.29 is 14.0 Å². The van der Waals surface area contributed by atoms with E-state index in [1.807, 2.05) is 42.5 Å². The third-order valence-corrected chi connectivity index (χ3v) is 5.56. The van der Waals surface area contributed by atoms with Crippen molar-refractivity contribution >= 4 is 28.4 Å². The van der Waals surface area contributed by atoms with Crippen LogP contribution in [0.4, 0.5) is 14.9 Å². The summed E-state index contributed by atoms with van der Waals surface area (Å²) in [5.74, 6) is -0.0685. The van der Waals surface area contributed by atoms with E-state index in [4.69, 9.17) is 0 Å². The summed E-state index contributed by atoms with van der Waals surface area (Å²) in [5, 5.41) is 7.98. The summed E-state index contributed by atoms with van der Waals surface area (Å²) in [6, 6.07) is 19.2. The number of urea groups is 1. The summed E-state index contributed by atoms with van der Waals surface area (Å²) in [4.78, 5) is 26.6. The van der Waals surface area contributed by atoms with Crippen LogP contribution in [-0.2, 0) is 0 Å². The predicted octanol–water partition coefficient (Wildman–Crippen LogP) is 4.65. The zero-order valence-corrected chi connectivity index (χ0v) is 16.6. The molecule has 0 aliphatic carbocycles. The summed E-state index contributed by atoms with van der Waals surface area (Å²) in [5.41, 5.74) is 1.23. The van der Waals surface area contributed by atoms with Crippen LogP contribution in [0.2, 0.25) is 0 Å². The van der Waals surface area contributed by atoms with Crippen molar-refractivity contribution in [3.05, 3.63) is 78.1 Å². The zero-order valence-electron chi connectivity index (χ0n) is 16.6. The molecule has 0 bridgehead atoms. The SMILES string of the molecule is O=C(NCC1CCN(C(=O)Nc2ccc(F)cc2)CC1)c1ccc2ccccc2c1. The highest BCUT2D eigenvalue weighted by molar-refractivity contribution is 5.98. The number of benzene rings is 3. The van der Waals surface area contributed by atoms with Crippen molar-refractivity contribution in [1.82, 2.24) is 10.2 Å². The molecule has 0 spiro atoms. The third-order valence-electron chi connectivity index (χ3n) is 5.56. The lowest BCUT2D eigenvalue weighted by molar-refractivity contribution is 0.0939. The van der Waals surface area contributed by atoms with Gasteiger partial charge in [-0.1, -0.05) is 30.3 Å². The van der Waals surface area contributed by atoms with Crippen molar-refractivity contribution in [2.75, 3.05) is 25.0 Å². The van der Waals surface area contributed by atoms with Crippen molar-refractivity contribution in [1.29, 1.82) is 0 Å². The van der Waals surface area contributed by atoms with E-state index in [-0.39, 0.29) is 17.8 Å². The fourth-order valence-corrected chi connectivity index (χ4v) is 3.75. The van der Waals surface area contributed by atoms with Gasteiger partial charge in [0, 0.05) is 30.9 Å². The Balaban J connectivity index is 1.24. The number of hydrogen-bond acceptors (Lipinski definition) is 2. The van der Waals surface area contributed by atoms with Crippen LogP contribution in [0.1, 0.15) is 23.2 Å². The molecule has 0 radical (unpaired) electrons. The molecule has 1 heterocycles. The lowest BCUT2D eigenvalue weighted by atomic mass is 9.97. The molecule has 5 nitrogen and oxygen atoms in total. The lowest BCUT2D eigenvalue weighted by Crippen LogP contribution is -2.43. The number of likely N-dealkylation sites (tertiary alicyclic amines) is 1. The molecule has 30 heavy (non-hydrogen) atoms. The van der Waals surface area contributed by atoms with Crippen LogP contribution in [0.25, 0.3) is 10.8 Å². The molecule has 1 aliphatic heterocycles. The van der Waals surface area contributed by atoms with Crippen LogP contribution in [-0.4, -0.2) is 36.5 Å². The van der Waals surface area contributed by atoms with Gasteiger partial charge in [0.15, 0.2) is 0 Å². The molecule has 1 aliphatic rings. The molecular formula is C24H24FN3O2. The van der Waals surface area contributed by atoms with E-state index < -0.39 is 0 Å². The van der Waals surface area contributed by atoms with Crippen LogP contribution >= 0.6 is 0 Å². The first-order chi connectivity index (χ1) is 14.6. The second-order valence-electron chi connectivity index (χ2n) is 7.64. The second-order valence-corrected chi connectivity index (χ2v) is 7.64. The Hall–Kier alpha value is -3.41. The topological polar surface area (TPSA) is 61.4 Å². The maximum absolute atomic E-state index is 13.0. The number of fused-ring (bicyclic) bond motifs is 1. The van der Waals surface area contributed by atoms with E-state index in [9.17, 15) is 14.0 Å². The number of hydrogen-bond donors (Lipinski definition) is 2. The standard InChI is InChI=1S/C24H24FN3O2/c25-21-7-9-22(10-8-21)27-24(30)28-13-11-17(12-14-28)16-26-23(29)20-6-5-18-3-1-2-4-19(18)15-20/h1-10,15,17H,11-14,16H2,(H,26,29)(H,27,30). The largest absolute Gasteiger partial charge is 0.352 e. The van der Waals surface area contributed by atoms with Crippen LogP contribution in [0.15, 0.2) is 66.7 Å². The van der Waals surface area contributed by atoms with Gasteiger partial charge in [-0.3, -0.25) is 4.79 Å². The van der Waals surface area contributed by atoms with Crippen LogP contribution in [0.3, 0.4) is 0 Å². The summed E-state index contributed by atoms with van der Waals surface area (Å²) < 4.78 is 13.0. The maximum atomic E-state index is 13.0. The number of rotatable bonds is 4. The number of anilines is 1. The Bertz CT molecular complexity index is 1040. The lowest BCUT2D eigenvalue weighted by Gasteiger charge is -2.32. The summed E-state index contributed by atoms with van der Waals surface area (Å²) >= 11 is 0. The summed E-state index contributed by atoms with van der Waals surface area (Å²) in [7, 11) is 0. The highest BCUT2D eigenvalue weighted by Gasteiger charge is 2.23. The molecular weight excluding hydrogens is 381 g/mol. The van der Waals surface area contributed by atoms with E-state index >= 15 is 0 Å². The summed E-state index contributed by atoms with van der Waals surface area (Å²) in [6.07, 6.45) is 1.66. The average molecular weight is 405 g/mol. The Labute approximate surface area is 174 Å². The van der Waals surface area contributed by atoms with Crippen molar-refractivity contribution in [2.24, 2.45) is 5.92 Å². The van der Waals surface area contributed by atoms with Crippen LogP contribution < -0.4 is 10.6 Å². The Morgan fingerprint density at radius 3 is 2.37 bits per heavy atom. The molecule has 0 unspecified atom stereocenters. The molecule has 2 N–H and O–H groups in total. The number of nitrogens with one attached hydrogen (secondary N) is 2. The first-order valence-electron chi connectivity index (χ1n) is 10.2. The van der Waals surface area contributed by atoms with Crippen molar-refractivity contribution in [2.45, 2.75) is 12.8 Å². The van der Waals surface area contributed by atoms with E-state index in [1.165, 1.54) is 12.1 Å². The van der Waals surface area contributed by atoms with Gasteiger partial charge in [-0.05, 0) is 65.9 Å². The fraction of sp³-hybridized carbons (Fsp3) is 0.250. The van der Waals surface area contributed by atoms with Gasteiger partial charge < -0.3 is 15.5 Å². The minimum absolute atomic E-state index is 0.0720. The monoisotopic (exact) mass is 405 g/mol. The highest BCUT2D eigenvalue weighted by Crippen LogP contribution is 2.19. The van der Waals surface area contributed by atoms with Gasteiger partial charge in [-0.25, -0.2) is 9.18 Å². The second kappa shape index (κ2) is 8.95. The first-order valence-corrected chi connectivity index (χ1v) is 10.2. The van der Waals surface area contributed by atoms with E-state index in [2.05, 4.69) is 10.6 Å². The van der Waals surface area contributed by atoms with Gasteiger partial charge in [0.2, 0.25) is 0 Å². The molecule has 0 saturated carbocycles. The minimum Gasteiger partial charge on any atom is -0.352 e. The van der Waals surface area contributed by atoms with Crippen LogP contribution in [0, 0.1) is 11.7 Å². The normalized spacial score (nSPS) is 14.5. The Kier molecular flexibility index (Phi) is 5.93. The molecule has 3 amide bonds. The van der Waals surface area contributed by atoms with E-state index in [1.54, 1.807) is 17.0 Å². The minimum atomic E-state index is -0.334. The molecule has 0 atom stereocenters. The van der Waals surface area contributed by atoms with Gasteiger partial charge in [0.25, 0.3) is 5.91 Å². The average Bonchev–Trinajstić information content (AvgIpc) is 2.79. The Morgan fingerprint density at radius 1 is 0.933 bits per heavy atom. The first kappa shape index (κ1) is 19.9. The number of carbonyl (C=O) groups excluding carboxylic acids is 2. The third kappa shape index (κ3) is 4.76. The number of carbonyl (C=O) groups is 2. The molecule has 1 saturated heterocycles. The van der Waals surface area contributed by atoms with Gasteiger partial charge in [-0.15, -0.1) is 0 Å². The highest BCUT2D eigenvalue weighted by atomic mass is 19.1. The molecule has 4 rings (SSSR count). The van der Waals surface area contributed by atoms with Crippen molar-refractivity contribution in [3.63, 3.8) is 0 Å². The predicted molar refractivity (Wildman–Crippen MR) is 116 cm³/mol. The van der Waals surface area contributed by atoms with Crippen LogP contribution in [0.5, 0.6) is 0 Å². The number of halogens is 1. The quantitative estimate of drug-likeness (QED) is 0.664. The molecule has 6 heteroatoms. The van der Waals surface area contributed by atoms with Crippen molar-refractivity contribution in [3.8, 4) is 0 Å². The fourth-order valence-electron chi connectivity index (χ4n) is 3.75. The molecule has 3 aromatic carbocycles. The molecule has 3 aromatic rings. The molecule has 154 valence electrons. The maximum Gasteiger partial charge on any atom is 0.321 e. The van der Waals surface area contributed by atoms with E-state index in [0.717, 1.165) is 23.6 Å². The van der Waals surface area contributed by atoms with Gasteiger partial charge in [-0.2, -0.15) is 0 Å². The molecule has 1 fully saturated rings. The Morgan fingerprint density at radius 2 is 1.63 bits per heavy atom. The van der Waals surface area contributed by atoms with Gasteiger partial charge in [0.1, 0.15) is 5.82 Å². The number of nitrogens with zero attached hydrogens (tertiary/aromatic N) is 1. The number of amides is 3. The van der Waals surface area contributed by atoms with Gasteiger partial charge in [0.05, 0.1) is 0 Å². The van der Waals surface area contributed by atoms with E-state index in [0.29, 0.717) is 36.8 Å². The number of piperidine rings is 1. The smallest absolute Gasteiger partial charge is 0.321 e. The molecule has 0 aromatic heterocycles.